The van der Waals surface area contributed by atoms with Crippen LogP contribution in [0.5, 0.6) is 0 Å². The highest BCUT2D eigenvalue weighted by Crippen LogP contribution is 2.22. The lowest BCUT2D eigenvalue weighted by Crippen LogP contribution is -2.02. The van der Waals surface area contributed by atoms with Gasteiger partial charge in [0.15, 0.2) is 0 Å². The molecule has 0 fully saturated rings. The molecule has 2 rings (SSSR count). The molecule has 3 nitrogen and oxygen atoms in total. The summed E-state index contributed by atoms with van der Waals surface area (Å²) in [6.45, 7) is 0. The van der Waals surface area contributed by atoms with E-state index in [0.29, 0.717) is 5.56 Å². The van der Waals surface area contributed by atoms with Crippen molar-refractivity contribution in [1.29, 1.82) is 0 Å². The van der Waals surface area contributed by atoms with Crippen molar-refractivity contribution in [3.8, 4) is 11.3 Å². The van der Waals surface area contributed by atoms with E-state index in [9.17, 15) is 13.6 Å². The molecule has 86 valence electrons. The molecule has 5 heteroatoms. The number of aromatic carboxylic acids is 1. The maximum Gasteiger partial charge on any atom is 0.338 e. The smallest absolute Gasteiger partial charge is 0.338 e. The van der Waals surface area contributed by atoms with E-state index in [-0.39, 0.29) is 11.3 Å². The van der Waals surface area contributed by atoms with E-state index in [2.05, 4.69) is 4.98 Å². The standard InChI is InChI=1S/C12H7F2NO2/c13-8-3-1-2-7(4-8)11-10(12(16)17)5-9(14)6-15-11/h1-6H,(H,16,17). The Balaban J connectivity index is 2.63. The molecule has 0 aliphatic rings. The Labute approximate surface area is 95.4 Å². The highest BCUT2D eigenvalue weighted by molar-refractivity contribution is 5.94. The second-order valence-corrected chi connectivity index (χ2v) is 3.37. The van der Waals surface area contributed by atoms with Gasteiger partial charge in [0.2, 0.25) is 0 Å². The van der Waals surface area contributed by atoms with Gasteiger partial charge in [0.25, 0.3) is 0 Å². The number of pyridine rings is 1. The van der Waals surface area contributed by atoms with Crippen molar-refractivity contribution in [3.63, 3.8) is 0 Å². The normalized spacial score (nSPS) is 10.2. The van der Waals surface area contributed by atoms with E-state index in [1.165, 1.54) is 18.2 Å². The van der Waals surface area contributed by atoms with Crippen LogP contribution in [0.15, 0.2) is 36.5 Å². The fraction of sp³-hybridized carbons (Fsp3) is 0. The molecule has 0 atom stereocenters. The molecule has 1 N–H and O–H groups in total. The molecule has 1 aromatic carbocycles. The first-order valence-corrected chi connectivity index (χ1v) is 4.72. The number of benzene rings is 1. The highest BCUT2D eigenvalue weighted by Gasteiger charge is 2.14. The van der Waals surface area contributed by atoms with Gasteiger partial charge in [-0.25, -0.2) is 13.6 Å². The molecule has 0 saturated carbocycles. The van der Waals surface area contributed by atoms with Gasteiger partial charge in [0, 0.05) is 5.56 Å². The summed E-state index contributed by atoms with van der Waals surface area (Å²) in [5.41, 5.74) is 0.0383. The van der Waals surface area contributed by atoms with E-state index in [1.54, 1.807) is 0 Å². The lowest BCUT2D eigenvalue weighted by atomic mass is 10.1. The van der Waals surface area contributed by atoms with Crippen LogP contribution in [-0.2, 0) is 0 Å². The van der Waals surface area contributed by atoms with Crippen LogP contribution in [0.3, 0.4) is 0 Å². The molecule has 0 saturated heterocycles. The van der Waals surface area contributed by atoms with Gasteiger partial charge in [0.05, 0.1) is 17.5 Å². The van der Waals surface area contributed by atoms with Gasteiger partial charge in [-0.15, -0.1) is 0 Å². The summed E-state index contributed by atoms with van der Waals surface area (Å²) in [7, 11) is 0. The quantitative estimate of drug-likeness (QED) is 0.870. The molecular formula is C12H7F2NO2. The van der Waals surface area contributed by atoms with Crippen molar-refractivity contribution in [2.75, 3.05) is 0 Å². The zero-order valence-corrected chi connectivity index (χ0v) is 8.52. The summed E-state index contributed by atoms with van der Waals surface area (Å²) in [6.07, 6.45) is 0.896. The summed E-state index contributed by atoms with van der Waals surface area (Å²) in [5.74, 6) is -2.57. The van der Waals surface area contributed by atoms with E-state index >= 15 is 0 Å². The lowest BCUT2D eigenvalue weighted by molar-refractivity contribution is 0.0696. The first-order valence-electron chi connectivity index (χ1n) is 4.72. The number of halogens is 2. The molecule has 2 aromatic rings. The maximum absolute atomic E-state index is 13.0. The predicted molar refractivity (Wildman–Crippen MR) is 56.5 cm³/mol. The van der Waals surface area contributed by atoms with E-state index in [4.69, 9.17) is 5.11 Å². The van der Waals surface area contributed by atoms with Crippen LogP contribution in [-0.4, -0.2) is 16.1 Å². The van der Waals surface area contributed by atoms with E-state index in [0.717, 1.165) is 18.3 Å². The topological polar surface area (TPSA) is 50.2 Å². The molecule has 1 aromatic heterocycles. The number of hydrogen-bond acceptors (Lipinski definition) is 2. The minimum atomic E-state index is -1.31. The third kappa shape index (κ3) is 2.28. The summed E-state index contributed by atoms with van der Waals surface area (Å²) < 4.78 is 25.9. The Kier molecular flexibility index (Phi) is 2.82. The SMILES string of the molecule is O=C(O)c1cc(F)cnc1-c1cccc(F)c1. The molecule has 1 heterocycles. The van der Waals surface area contributed by atoms with Gasteiger partial charge in [-0.2, -0.15) is 0 Å². The van der Waals surface area contributed by atoms with Crippen LogP contribution >= 0.6 is 0 Å². The zero-order chi connectivity index (χ0) is 12.4. The summed E-state index contributed by atoms with van der Waals surface area (Å²) in [5, 5.41) is 8.92. The van der Waals surface area contributed by atoms with Crippen LogP contribution < -0.4 is 0 Å². The average molecular weight is 235 g/mol. The Morgan fingerprint density at radius 1 is 1.18 bits per heavy atom. The van der Waals surface area contributed by atoms with Gasteiger partial charge >= 0.3 is 5.97 Å². The Morgan fingerprint density at radius 3 is 2.59 bits per heavy atom. The van der Waals surface area contributed by atoms with Crippen molar-refractivity contribution >= 4 is 5.97 Å². The van der Waals surface area contributed by atoms with Crippen molar-refractivity contribution in [3.05, 3.63) is 53.7 Å². The predicted octanol–water partition coefficient (Wildman–Crippen LogP) is 2.73. The first kappa shape index (κ1) is 11.2. The minimum absolute atomic E-state index is 0.0402. The lowest BCUT2D eigenvalue weighted by Gasteiger charge is -2.05. The van der Waals surface area contributed by atoms with Gasteiger partial charge in [0.1, 0.15) is 11.6 Å². The number of hydrogen-bond donors (Lipinski definition) is 1. The van der Waals surface area contributed by atoms with Gasteiger partial charge < -0.3 is 5.11 Å². The van der Waals surface area contributed by atoms with Crippen molar-refractivity contribution in [2.24, 2.45) is 0 Å². The summed E-state index contributed by atoms with van der Waals surface area (Å²) in [6, 6.07) is 6.17. The summed E-state index contributed by atoms with van der Waals surface area (Å²) in [4.78, 5) is 14.6. The molecule has 0 spiro atoms. The molecule has 0 radical (unpaired) electrons. The monoisotopic (exact) mass is 235 g/mol. The fourth-order valence-electron chi connectivity index (χ4n) is 1.47. The Morgan fingerprint density at radius 2 is 1.94 bits per heavy atom. The number of carboxylic acid groups (broad SMARTS) is 1. The number of aromatic nitrogens is 1. The van der Waals surface area contributed by atoms with Crippen LogP contribution in [0.25, 0.3) is 11.3 Å². The second kappa shape index (κ2) is 4.29. The molecule has 0 unspecified atom stereocenters. The molecule has 0 aliphatic heterocycles. The highest BCUT2D eigenvalue weighted by atomic mass is 19.1. The van der Waals surface area contributed by atoms with Crippen LogP contribution in [0.2, 0.25) is 0 Å². The van der Waals surface area contributed by atoms with Gasteiger partial charge in [-0.05, 0) is 18.2 Å². The second-order valence-electron chi connectivity index (χ2n) is 3.37. The average Bonchev–Trinajstić information content (AvgIpc) is 2.28. The van der Waals surface area contributed by atoms with E-state index < -0.39 is 17.6 Å². The van der Waals surface area contributed by atoms with Gasteiger partial charge in [-0.1, -0.05) is 12.1 Å². The number of rotatable bonds is 2. The number of nitrogens with zero attached hydrogens (tertiary/aromatic N) is 1. The molecule has 0 bridgehead atoms. The van der Waals surface area contributed by atoms with Crippen molar-refractivity contribution in [2.45, 2.75) is 0 Å². The van der Waals surface area contributed by atoms with E-state index in [1.807, 2.05) is 0 Å². The van der Waals surface area contributed by atoms with Crippen LogP contribution in [0.1, 0.15) is 10.4 Å². The molecule has 17 heavy (non-hydrogen) atoms. The van der Waals surface area contributed by atoms with Crippen molar-refractivity contribution in [1.82, 2.24) is 4.98 Å². The third-order valence-electron chi connectivity index (χ3n) is 2.18. The van der Waals surface area contributed by atoms with Gasteiger partial charge in [-0.3, -0.25) is 4.98 Å². The largest absolute Gasteiger partial charge is 0.478 e. The summed E-state index contributed by atoms with van der Waals surface area (Å²) >= 11 is 0. The molecule has 0 amide bonds. The first-order chi connectivity index (χ1) is 8.08. The van der Waals surface area contributed by atoms with Crippen molar-refractivity contribution < 1.29 is 18.7 Å². The third-order valence-corrected chi connectivity index (χ3v) is 2.18. The minimum Gasteiger partial charge on any atom is -0.478 e. The number of carbonyl (C=O) groups is 1. The van der Waals surface area contributed by atoms with Crippen LogP contribution in [0.4, 0.5) is 8.78 Å². The van der Waals surface area contributed by atoms with Crippen LogP contribution in [0, 0.1) is 11.6 Å². The maximum atomic E-state index is 13.0. The Hall–Kier alpha value is -2.30. The molecule has 0 aliphatic carbocycles. The fourth-order valence-corrected chi connectivity index (χ4v) is 1.47. The Bertz CT molecular complexity index is 584. The number of carboxylic acids is 1. The zero-order valence-electron chi connectivity index (χ0n) is 8.52. The molecular weight excluding hydrogens is 228 g/mol.